The second-order valence-corrected chi connectivity index (χ2v) is 5.69. The highest BCUT2D eigenvalue weighted by Crippen LogP contribution is 2.15. The summed E-state index contributed by atoms with van der Waals surface area (Å²) in [4.78, 5) is 22.8. The first-order chi connectivity index (χ1) is 11.1. The molecule has 2 heterocycles. The van der Waals surface area contributed by atoms with E-state index in [2.05, 4.69) is 20.2 Å². The molecule has 0 unspecified atom stereocenters. The SMILES string of the molecule is CCOC(=O)c1cnc(N[C@@H]2CCCN(CCOC)C2)nc1C. The fourth-order valence-corrected chi connectivity index (χ4v) is 2.73. The Bertz CT molecular complexity index is 524. The number of rotatable bonds is 7. The highest BCUT2D eigenvalue weighted by atomic mass is 16.5. The lowest BCUT2D eigenvalue weighted by atomic mass is 10.1. The van der Waals surface area contributed by atoms with Gasteiger partial charge in [0.05, 0.1) is 24.5 Å². The first-order valence-corrected chi connectivity index (χ1v) is 8.12. The van der Waals surface area contributed by atoms with Crippen LogP contribution in [-0.4, -0.2) is 66.8 Å². The molecule has 1 N–H and O–H groups in total. The minimum atomic E-state index is -0.375. The minimum absolute atomic E-state index is 0.313. The van der Waals surface area contributed by atoms with E-state index in [1.165, 1.54) is 6.20 Å². The van der Waals surface area contributed by atoms with Crippen molar-refractivity contribution in [2.75, 3.05) is 45.3 Å². The van der Waals surface area contributed by atoms with E-state index < -0.39 is 0 Å². The van der Waals surface area contributed by atoms with Crippen molar-refractivity contribution in [2.45, 2.75) is 32.7 Å². The monoisotopic (exact) mass is 322 g/mol. The van der Waals surface area contributed by atoms with Gasteiger partial charge in [0.15, 0.2) is 0 Å². The molecule has 1 aliphatic rings. The van der Waals surface area contributed by atoms with Crippen molar-refractivity contribution in [2.24, 2.45) is 0 Å². The third-order valence-electron chi connectivity index (χ3n) is 3.93. The average molecular weight is 322 g/mol. The third-order valence-corrected chi connectivity index (χ3v) is 3.93. The number of piperidine rings is 1. The molecule has 23 heavy (non-hydrogen) atoms. The Labute approximate surface area is 137 Å². The first-order valence-electron chi connectivity index (χ1n) is 8.12. The Morgan fingerprint density at radius 3 is 3.04 bits per heavy atom. The van der Waals surface area contributed by atoms with Crippen LogP contribution >= 0.6 is 0 Å². The maximum atomic E-state index is 11.8. The van der Waals surface area contributed by atoms with Gasteiger partial charge in [-0.1, -0.05) is 0 Å². The molecule has 1 atom stereocenters. The van der Waals surface area contributed by atoms with Crippen molar-refractivity contribution in [3.05, 3.63) is 17.5 Å². The Balaban J connectivity index is 1.94. The molecule has 0 aromatic carbocycles. The molecule has 0 aliphatic carbocycles. The van der Waals surface area contributed by atoms with Crippen molar-refractivity contribution in [3.8, 4) is 0 Å². The van der Waals surface area contributed by atoms with Crippen LogP contribution in [0.3, 0.4) is 0 Å². The smallest absolute Gasteiger partial charge is 0.341 e. The fourth-order valence-electron chi connectivity index (χ4n) is 2.73. The van der Waals surface area contributed by atoms with Gasteiger partial charge in [-0.05, 0) is 33.2 Å². The van der Waals surface area contributed by atoms with Crippen LogP contribution < -0.4 is 5.32 Å². The second kappa shape index (κ2) is 8.79. The number of likely N-dealkylation sites (tertiary alicyclic amines) is 1. The van der Waals surface area contributed by atoms with Crippen LogP contribution in [0.2, 0.25) is 0 Å². The van der Waals surface area contributed by atoms with Gasteiger partial charge in [0.2, 0.25) is 5.95 Å². The number of nitrogens with zero attached hydrogens (tertiary/aromatic N) is 3. The number of aryl methyl sites for hydroxylation is 1. The van der Waals surface area contributed by atoms with E-state index in [1.54, 1.807) is 21.0 Å². The van der Waals surface area contributed by atoms with Crippen molar-refractivity contribution in [3.63, 3.8) is 0 Å². The van der Waals surface area contributed by atoms with Gasteiger partial charge in [0, 0.05) is 32.4 Å². The van der Waals surface area contributed by atoms with E-state index in [9.17, 15) is 4.79 Å². The number of esters is 1. The first kappa shape index (κ1) is 17.6. The molecule has 0 amide bonds. The van der Waals surface area contributed by atoms with Crippen LogP contribution in [0.15, 0.2) is 6.20 Å². The summed E-state index contributed by atoms with van der Waals surface area (Å²) in [5, 5.41) is 3.37. The number of hydrogen-bond acceptors (Lipinski definition) is 7. The predicted octanol–water partition coefficient (Wildman–Crippen LogP) is 1.48. The van der Waals surface area contributed by atoms with Gasteiger partial charge in [0.25, 0.3) is 0 Å². The lowest BCUT2D eigenvalue weighted by Gasteiger charge is -2.32. The minimum Gasteiger partial charge on any atom is -0.462 e. The molecule has 0 saturated carbocycles. The molecule has 1 aromatic heterocycles. The van der Waals surface area contributed by atoms with Crippen molar-refractivity contribution in [1.82, 2.24) is 14.9 Å². The van der Waals surface area contributed by atoms with Gasteiger partial charge in [-0.25, -0.2) is 14.8 Å². The number of carbonyl (C=O) groups is 1. The summed E-state index contributed by atoms with van der Waals surface area (Å²) >= 11 is 0. The fraction of sp³-hybridized carbons (Fsp3) is 0.688. The van der Waals surface area contributed by atoms with E-state index in [0.29, 0.717) is 29.9 Å². The summed E-state index contributed by atoms with van der Waals surface area (Å²) in [5.74, 6) is 0.189. The van der Waals surface area contributed by atoms with E-state index in [1.807, 2.05) is 0 Å². The summed E-state index contributed by atoms with van der Waals surface area (Å²) in [6, 6.07) is 0.313. The van der Waals surface area contributed by atoms with Gasteiger partial charge in [-0.3, -0.25) is 4.90 Å². The highest BCUT2D eigenvalue weighted by Gasteiger charge is 2.21. The number of anilines is 1. The molecule has 0 radical (unpaired) electrons. The maximum absolute atomic E-state index is 11.8. The quantitative estimate of drug-likeness (QED) is 0.762. The number of methoxy groups -OCH3 is 1. The Morgan fingerprint density at radius 1 is 1.52 bits per heavy atom. The van der Waals surface area contributed by atoms with Gasteiger partial charge >= 0.3 is 5.97 Å². The van der Waals surface area contributed by atoms with E-state index in [-0.39, 0.29) is 5.97 Å². The zero-order valence-electron chi connectivity index (χ0n) is 14.2. The number of ether oxygens (including phenoxy) is 2. The standard InChI is InChI=1S/C16H26N4O3/c1-4-23-15(21)14-10-17-16(18-12(14)2)19-13-6-5-7-20(11-13)8-9-22-3/h10,13H,4-9,11H2,1-3H3,(H,17,18,19)/t13-/m1/s1. The Hall–Kier alpha value is -1.73. The lowest BCUT2D eigenvalue weighted by Crippen LogP contribution is -2.43. The summed E-state index contributed by atoms with van der Waals surface area (Å²) in [5.41, 5.74) is 1.05. The van der Waals surface area contributed by atoms with Crippen molar-refractivity contribution >= 4 is 11.9 Å². The lowest BCUT2D eigenvalue weighted by molar-refractivity contribution is 0.0524. The molecular formula is C16H26N4O3. The van der Waals surface area contributed by atoms with E-state index >= 15 is 0 Å². The molecule has 7 nitrogen and oxygen atoms in total. The number of carbonyl (C=O) groups excluding carboxylic acids is 1. The van der Waals surface area contributed by atoms with Crippen molar-refractivity contribution in [1.29, 1.82) is 0 Å². The normalized spacial score (nSPS) is 18.7. The summed E-state index contributed by atoms with van der Waals surface area (Å²) < 4.78 is 10.1. The molecule has 1 fully saturated rings. The zero-order valence-corrected chi connectivity index (χ0v) is 14.2. The molecule has 128 valence electrons. The maximum Gasteiger partial charge on any atom is 0.341 e. The molecule has 1 aromatic rings. The van der Waals surface area contributed by atoms with Crippen LogP contribution in [0.5, 0.6) is 0 Å². The highest BCUT2D eigenvalue weighted by molar-refractivity contribution is 5.90. The third kappa shape index (κ3) is 5.14. The Morgan fingerprint density at radius 2 is 2.35 bits per heavy atom. The molecule has 7 heteroatoms. The number of nitrogens with one attached hydrogen (secondary N) is 1. The number of hydrogen-bond donors (Lipinski definition) is 1. The topological polar surface area (TPSA) is 76.6 Å². The molecule has 1 aliphatic heterocycles. The van der Waals surface area contributed by atoms with Gasteiger partial charge in [-0.15, -0.1) is 0 Å². The van der Waals surface area contributed by atoms with E-state index in [0.717, 1.165) is 39.1 Å². The van der Waals surface area contributed by atoms with Crippen LogP contribution in [-0.2, 0) is 9.47 Å². The molecule has 0 bridgehead atoms. The average Bonchev–Trinajstić information content (AvgIpc) is 2.53. The summed E-state index contributed by atoms with van der Waals surface area (Å²) in [6.45, 7) is 7.66. The molecular weight excluding hydrogens is 296 g/mol. The van der Waals surface area contributed by atoms with Crippen LogP contribution in [0.25, 0.3) is 0 Å². The molecule has 2 rings (SSSR count). The van der Waals surface area contributed by atoms with Crippen LogP contribution in [0.1, 0.15) is 35.8 Å². The zero-order chi connectivity index (χ0) is 16.7. The summed E-state index contributed by atoms with van der Waals surface area (Å²) in [7, 11) is 1.72. The largest absolute Gasteiger partial charge is 0.462 e. The number of aromatic nitrogens is 2. The van der Waals surface area contributed by atoms with Gasteiger partial charge < -0.3 is 14.8 Å². The summed E-state index contributed by atoms with van der Waals surface area (Å²) in [6.07, 6.45) is 3.76. The van der Waals surface area contributed by atoms with Crippen molar-refractivity contribution < 1.29 is 14.3 Å². The van der Waals surface area contributed by atoms with E-state index in [4.69, 9.17) is 9.47 Å². The van der Waals surface area contributed by atoms with Gasteiger partial charge in [0.1, 0.15) is 0 Å². The predicted molar refractivity (Wildman–Crippen MR) is 87.7 cm³/mol. The van der Waals surface area contributed by atoms with Gasteiger partial charge in [-0.2, -0.15) is 0 Å². The van der Waals surface area contributed by atoms with Crippen LogP contribution in [0.4, 0.5) is 5.95 Å². The second-order valence-electron chi connectivity index (χ2n) is 5.69. The van der Waals surface area contributed by atoms with Crippen LogP contribution in [0, 0.1) is 6.92 Å². The molecule has 1 saturated heterocycles. The molecule has 0 spiro atoms. The Kier molecular flexibility index (Phi) is 6.73.